The molecule has 1 saturated heterocycles. The maximum absolute atomic E-state index is 3.50. The van der Waals surface area contributed by atoms with Gasteiger partial charge in [0.15, 0.2) is 0 Å². The summed E-state index contributed by atoms with van der Waals surface area (Å²) in [5, 5.41) is 3.50. The summed E-state index contributed by atoms with van der Waals surface area (Å²) in [4.78, 5) is 2.74. The third kappa shape index (κ3) is 5.35. The van der Waals surface area contributed by atoms with Crippen molar-refractivity contribution in [1.29, 1.82) is 0 Å². The maximum Gasteiger partial charge on any atom is 0.0377 e. The highest BCUT2D eigenvalue weighted by Gasteiger charge is 2.30. The van der Waals surface area contributed by atoms with Gasteiger partial charge >= 0.3 is 0 Å². The number of piperazine rings is 1. The van der Waals surface area contributed by atoms with Crippen molar-refractivity contribution in [2.24, 2.45) is 5.92 Å². The number of hydrogen-bond acceptors (Lipinski definition) is 2. The lowest BCUT2D eigenvalue weighted by molar-refractivity contribution is 0.103. The summed E-state index contributed by atoms with van der Waals surface area (Å²) in [7, 11) is 0. The second-order valence-electron chi connectivity index (χ2n) is 6.72. The van der Waals surface area contributed by atoms with E-state index in [9.17, 15) is 0 Å². The molecule has 1 heterocycles. The summed E-state index contributed by atoms with van der Waals surface area (Å²) in [5.74, 6) is 0.865. The molecule has 1 aliphatic heterocycles. The van der Waals surface area contributed by atoms with Crippen LogP contribution in [0.25, 0.3) is 0 Å². The van der Waals surface area contributed by atoms with E-state index in [0.717, 1.165) is 25.4 Å². The van der Waals surface area contributed by atoms with Crippen LogP contribution < -0.4 is 5.32 Å². The number of nitrogens with one attached hydrogen (secondary N) is 1. The average molecular weight is 359 g/mol. The molecule has 2 nitrogen and oxygen atoms in total. The molecular formula is C19H32Cl2N2. The highest BCUT2D eigenvalue weighted by atomic mass is 35.5. The average Bonchev–Trinajstić information content (AvgIpc) is 2.58. The minimum absolute atomic E-state index is 0. The van der Waals surface area contributed by atoms with Crippen LogP contribution in [-0.4, -0.2) is 31.1 Å². The minimum atomic E-state index is 0. The van der Waals surface area contributed by atoms with E-state index in [2.05, 4.69) is 41.4 Å². The van der Waals surface area contributed by atoms with Crippen molar-refractivity contribution in [3.8, 4) is 0 Å². The van der Waals surface area contributed by atoms with Gasteiger partial charge in [-0.3, -0.25) is 4.90 Å². The van der Waals surface area contributed by atoms with Gasteiger partial charge in [0.05, 0.1) is 0 Å². The SMILES string of the molecule is CCc1ccc([C@@H](C2CCCCC2)N2CCNCC2)cc1.Cl.Cl. The molecule has 132 valence electrons. The molecule has 1 N–H and O–H groups in total. The molecule has 3 rings (SSSR count). The highest BCUT2D eigenvalue weighted by Crippen LogP contribution is 2.38. The van der Waals surface area contributed by atoms with E-state index in [4.69, 9.17) is 0 Å². The molecule has 2 fully saturated rings. The summed E-state index contributed by atoms with van der Waals surface area (Å²) >= 11 is 0. The Kier molecular flexibility index (Phi) is 9.53. The minimum Gasteiger partial charge on any atom is -0.314 e. The number of benzene rings is 1. The van der Waals surface area contributed by atoms with Crippen molar-refractivity contribution in [1.82, 2.24) is 10.2 Å². The van der Waals surface area contributed by atoms with E-state index in [1.54, 1.807) is 5.56 Å². The Morgan fingerprint density at radius 1 is 1.00 bits per heavy atom. The summed E-state index contributed by atoms with van der Waals surface area (Å²) in [5.41, 5.74) is 3.02. The first-order valence-electron chi connectivity index (χ1n) is 8.92. The molecule has 2 aliphatic rings. The Balaban J connectivity index is 0.00000132. The van der Waals surface area contributed by atoms with E-state index in [0.29, 0.717) is 6.04 Å². The van der Waals surface area contributed by atoms with Gasteiger partial charge in [-0.2, -0.15) is 0 Å². The van der Waals surface area contributed by atoms with E-state index >= 15 is 0 Å². The summed E-state index contributed by atoms with van der Waals surface area (Å²) < 4.78 is 0. The lowest BCUT2D eigenvalue weighted by Gasteiger charge is -2.41. The lowest BCUT2D eigenvalue weighted by Crippen LogP contribution is -2.47. The fourth-order valence-corrected chi connectivity index (χ4v) is 4.14. The zero-order valence-electron chi connectivity index (χ0n) is 14.3. The van der Waals surface area contributed by atoms with Crippen molar-refractivity contribution >= 4 is 24.8 Å². The standard InChI is InChI=1S/C19H30N2.2ClH/c1-2-16-8-10-18(11-9-16)19(17-6-4-3-5-7-17)21-14-12-20-13-15-21;;/h8-11,17,19-20H,2-7,12-15H2,1H3;2*1H/t19-;;/m1../s1. The molecule has 0 unspecified atom stereocenters. The number of rotatable bonds is 4. The van der Waals surface area contributed by atoms with Crippen LogP contribution in [0.1, 0.15) is 56.2 Å². The molecule has 1 aromatic rings. The number of nitrogens with zero attached hydrogens (tertiary/aromatic N) is 1. The quantitative estimate of drug-likeness (QED) is 0.844. The van der Waals surface area contributed by atoms with Crippen LogP contribution in [0.4, 0.5) is 0 Å². The molecule has 0 amide bonds. The van der Waals surface area contributed by atoms with Gasteiger partial charge in [0, 0.05) is 32.2 Å². The van der Waals surface area contributed by atoms with Crippen molar-refractivity contribution < 1.29 is 0 Å². The molecule has 1 saturated carbocycles. The van der Waals surface area contributed by atoms with Gasteiger partial charge in [0.2, 0.25) is 0 Å². The fraction of sp³-hybridized carbons (Fsp3) is 0.684. The van der Waals surface area contributed by atoms with Crippen molar-refractivity contribution in [3.63, 3.8) is 0 Å². The second kappa shape index (κ2) is 10.6. The molecule has 0 spiro atoms. The van der Waals surface area contributed by atoms with Crippen molar-refractivity contribution in [3.05, 3.63) is 35.4 Å². The largest absolute Gasteiger partial charge is 0.314 e. The Morgan fingerprint density at radius 2 is 1.61 bits per heavy atom. The molecule has 1 aromatic carbocycles. The first-order chi connectivity index (χ1) is 10.4. The summed E-state index contributed by atoms with van der Waals surface area (Å²) in [6, 6.07) is 10.1. The predicted molar refractivity (Wildman–Crippen MR) is 104 cm³/mol. The van der Waals surface area contributed by atoms with E-state index in [1.165, 1.54) is 50.8 Å². The maximum atomic E-state index is 3.50. The van der Waals surface area contributed by atoms with Crippen LogP contribution in [0, 0.1) is 5.92 Å². The molecule has 0 bridgehead atoms. The van der Waals surface area contributed by atoms with E-state index in [-0.39, 0.29) is 24.8 Å². The van der Waals surface area contributed by atoms with Gasteiger partial charge in [0.25, 0.3) is 0 Å². The van der Waals surface area contributed by atoms with Crippen molar-refractivity contribution in [2.75, 3.05) is 26.2 Å². The van der Waals surface area contributed by atoms with E-state index in [1.807, 2.05) is 0 Å². The molecule has 1 atom stereocenters. The number of hydrogen-bond donors (Lipinski definition) is 1. The van der Waals surface area contributed by atoms with Gasteiger partial charge in [-0.1, -0.05) is 50.5 Å². The molecule has 1 aliphatic carbocycles. The predicted octanol–water partition coefficient (Wildman–Crippen LogP) is 4.62. The Labute approximate surface area is 154 Å². The number of halogens is 2. The highest BCUT2D eigenvalue weighted by molar-refractivity contribution is 5.85. The van der Waals surface area contributed by atoms with Gasteiger partial charge in [0.1, 0.15) is 0 Å². The first-order valence-corrected chi connectivity index (χ1v) is 8.92. The van der Waals surface area contributed by atoms with Gasteiger partial charge < -0.3 is 5.32 Å². The van der Waals surface area contributed by atoms with Gasteiger partial charge in [-0.25, -0.2) is 0 Å². The first kappa shape index (κ1) is 20.8. The monoisotopic (exact) mass is 358 g/mol. The Morgan fingerprint density at radius 3 is 2.17 bits per heavy atom. The zero-order valence-corrected chi connectivity index (χ0v) is 15.9. The third-order valence-corrected chi connectivity index (χ3v) is 5.37. The third-order valence-electron chi connectivity index (χ3n) is 5.37. The smallest absolute Gasteiger partial charge is 0.0377 e. The van der Waals surface area contributed by atoms with Crippen LogP contribution in [-0.2, 0) is 6.42 Å². The zero-order chi connectivity index (χ0) is 14.5. The molecular weight excluding hydrogens is 327 g/mol. The van der Waals surface area contributed by atoms with Crippen LogP contribution >= 0.6 is 24.8 Å². The van der Waals surface area contributed by atoms with Crippen molar-refractivity contribution in [2.45, 2.75) is 51.5 Å². The topological polar surface area (TPSA) is 15.3 Å². The van der Waals surface area contributed by atoms with Gasteiger partial charge in [-0.15, -0.1) is 24.8 Å². The van der Waals surface area contributed by atoms with Crippen LogP contribution in [0.15, 0.2) is 24.3 Å². The summed E-state index contributed by atoms with van der Waals surface area (Å²) in [6.45, 7) is 6.95. The van der Waals surface area contributed by atoms with E-state index < -0.39 is 0 Å². The molecule has 0 aromatic heterocycles. The van der Waals surface area contributed by atoms with Crippen LogP contribution in [0.3, 0.4) is 0 Å². The molecule has 23 heavy (non-hydrogen) atoms. The molecule has 4 heteroatoms. The lowest BCUT2D eigenvalue weighted by atomic mass is 9.80. The normalized spacial score (nSPS) is 21.1. The van der Waals surface area contributed by atoms with Gasteiger partial charge in [-0.05, 0) is 36.3 Å². The second-order valence-corrected chi connectivity index (χ2v) is 6.72. The summed E-state index contributed by atoms with van der Waals surface area (Å²) in [6.07, 6.45) is 8.29. The fourth-order valence-electron chi connectivity index (χ4n) is 4.14. The molecule has 0 radical (unpaired) electrons. The number of aryl methyl sites for hydroxylation is 1. The Hall–Kier alpha value is -0.280. The van der Waals surface area contributed by atoms with Crippen LogP contribution in [0.5, 0.6) is 0 Å². The Bertz CT molecular complexity index is 406. The van der Waals surface area contributed by atoms with Crippen LogP contribution in [0.2, 0.25) is 0 Å².